The molecule has 1 rings (SSSR count). The maximum atomic E-state index is 5.77. The molecule has 0 fully saturated rings. The zero-order valence-corrected chi connectivity index (χ0v) is 14.2. The van der Waals surface area contributed by atoms with Gasteiger partial charge in [-0.1, -0.05) is 32.1 Å². The van der Waals surface area contributed by atoms with Crippen LogP contribution in [-0.2, 0) is 0 Å². The molecule has 4 heteroatoms. The van der Waals surface area contributed by atoms with E-state index in [0.29, 0.717) is 0 Å². The lowest BCUT2D eigenvalue weighted by Crippen LogP contribution is -1.98. The van der Waals surface area contributed by atoms with Crippen LogP contribution in [-0.4, -0.2) is 26.6 Å². The first-order valence-corrected chi connectivity index (χ1v) is 8.40. The van der Waals surface area contributed by atoms with E-state index in [1.807, 2.05) is 18.2 Å². The quantitative estimate of drug-likeness (QED) is 0.446. The van der Waals surface area contributed by atoms with Crippen LogP contribution in [0.1, 0.15) is 44.9 Å². The summed E-state index contributed by atoms with van der Waals surface area (Å²) in [5, 5.41) is 0. The van der Waals surface area contributed by atoms with Gasteiger partial charge in [-0.3, -0.25) is 0 Å². The summed E-state index contributed by atoms with van der Waals surface area (Å²) >= 11 is 4.22. The van der Waals surface area contributed by atoms with Crippen LogP contribution in [0.3, 0.4) is 0 Å². The average Bonchev–Trinajstić information content (AvgIpc) is 2.52. The van der Waals surface area contributed by atoms with Crippen LogP contribution in [0.4, 0.5) is 0 Å². The Morgan fingerprint density at radius 3 is 1.71 bits per heavy atom. The maximum Gasteiger partial charge on any atom is 0.126 e. The molecule has 0 heterocycles. The van der Waals surface area contributed by atoms with Gasteiger partial charge in [0.1, 0.15) is 17.2 Å². The van der Waals surface area contributed by atoms with Gasteiger partial charge in [-0.05, 0) is 18.6 Å². The Kier molecular flexibility index (Phi) is 9.96. The molecule has 0 saturated carbocycles. The van der Waals surface area contributed by atoms with E-state index in [2.05, 4.69) is 12.6 Å². The zero-order chi connectivity index (χ0) is 15.3. The van der Waals surface area contributed by atoms with E-state index in [4.69, 9.17) is 14.2 Å². The average molecular weight is 312 g/mol. The first-order valence-electron chi connectivity index (χ1n) is 7.77. The van der Waals surface area contributed by atoms with Crippen LogP contribution < -0.4 is 14.2 Å². The Morgan fingerprint density at radius 1 is 0.714 bits per heavy atom. The Balaban J connectivity index is 2.15. The first kappa shape index (κ1) is 18.0. The van der Waals surface area contributed by atoms with Crippen molar-refractivity contribution in [3.8, 4) is 17.2 Å². The molecule has 0 aliphatic heterocycles. The summed E-state index contributed by atoms with van der Waals surface area (Å²) in [7, 11) is 3.29. The molecule has 0 aliphatic rings. The summed E-state index contributed by atoms with van der Waals surface area (Å²) < 4.78 is 16.2. The number of methoxy groups -OCH3 is 2. The van der Waals surface area contributed by atoms with Gasteiger partial charge >= 0.3 is 0 Å². The summed E-state index contributed by atoms with van der Waals surface area (Å²) in [5.74, 6) is 3.33. The van der Waals surface area contributed by atoms with E-state index in [-0.39, 0.29) is 0 Å². The Morgan fingerprint density at radius 2 is 1.19 bits per heavy atom. The van der Waals surface area contributed by atoms with Crippen molar-refractivity contribution in [1.82, 2.24) is 0 Å². The number of benzene rings is 1. The van der Waals surface area contributed by atoms with Crippen molar-refractivity contribution in [2.75, 3.05) is 26.6 Å². The zero-order valence-electron chi connectivity index (χ0n) is 13.3. The highest BCUT2D eigenvalue weighted by Crippen LogP contribution is 2.27. The molecule has 0 unspecified atom stereocenters. The third kappa shape index (κ3) is 8.10. The fraction of sp³-hybridized carbons (Fsp3) is 0.647. The summed E-state index contributed by atoms with van der Waals surface area (Å²) in [6.45, 7) is 0.743. The molecular weight excluding hydrogens is 284 g/mol. The van der Waals surface area contributed by atoms with Gasteiger partial charge in [0.2, 0.25) is 0 Å². The summed E-state index contributed by atoms with van der Waals surface area (Å²) in [6, 6.07) is 5.62. The number of ether oxygens (including phenoxy) is 3. The fourth-order valence-corrected chi connectivity index (χ4v) is 2.38. The van der Waals surface area contributed by atoms with Gasteiger partial charge in [0.05, 0.1) is 20.8 Å². The van der Waals surface area contributed by atoms with Gasteiger partial charge in [0, 0.05) is 18.2 Å². The molecule has 3 nitrogen and oxygen atoms in total. The molecular formula is C17H28O3S. The van der Waals surface area contributed by atoms with Crippen LogP contribution in [0.2, 0.25) is 0 Å². The molecule has 1 aromatic rings. The van der Waals surface area contributed by atoms with Crippen molar-refractivity contribution >= 4 is 12.6 Å². The van der Waals surface area contributed by atoms with Crippen molar-refractivity contribution < 1.29 is 14.2 Å². The molecule has 1 aromatic carbocycles. The summed E-state index contributed by atoms with van der Waals surface area (Å²) in [5.41, 5.74) is 0. The summed E-state index contributed by atoms with van der Waals surface area (Å²) in [4.78, 5) is 0. The molecule has 21 heavy (non-hydrogen) atoms. The molecule has 0 spiro atoms. The third-order valence-electron chi connectivity index (χ3n) is 3.40. The second kappa shape index (κ2) is 11.6. The lowest BCUT2D eigenvalue weighted by Gasteiger charge is -2.10. The van der Waals surface area contributed by atoms with E-state index < -0.39 is 0 Å². The number of thiol groups is 1. The normalized spacial score (nSPS) is 10.4. The predicted octanol–water partition coefficient (Wildman–Crippen LogP) is 4.74. The van der Waals surface area contributed by atoms with E-state index >= 15 is 0 Å². The van der Waals surface area contributed by atoms with E-state index in [9.17, 15) is 0 Å². The van der Waals surface area contributed by atoms with Gasteiger partial charge in [0.25, 0.3) is 0 Å². The Labute approximate surface area is 134 Å². The standard InChI is InChI=1S/C17H28O3S/c1-18-15-12-16(19-2)14-17(13-15)20-10-8-6-4-3-5-7-9-11-21/h12-14,21H,3-11H2,1-2H3. The predicted molar refractivity (Wildman–Crippen MR) is 91.2 cm³/mol. The lowest BCUT2D eigenvalue weighted by atomic mass is 10.1. The van der Waals surface area contributed by atoms with Gasteiger partial charge in [-0.25, -0.2) is 0 Å². The monoisotopic (exact) mass is 312 g/mol. The topological polar surface area (TPSA) is 27.7 Å². The van der Waals surface area contributed by atoms with Crippen LogP contribution in [0.15, 0.2) is 18.2 Å². The third-order valence-corrected chi connectivity index (χ3v) is 3.71. The highest BCUT2D eigenvalue weighted by atomic mass is 32.1. The molecule has 0 N–H and O–H groups in total. The highest BCUT2D eigenvalue weighted by Gasteiger charge is 2.02. The lowest BCUT2D eigenvalue weighted by molar-refractivity contribution is 0.299. The molecule has 120 valence electrons. The number of hydrogen-bond donors (Lipinski definition) is 1. The fourth-order valence-electron chi connectivity index (χ4n) is 2.15. The minimum atomic E-state index is 0.743. The summed E-state index contributed by atoms with van der Waals surface area (Å²) in [6.07, 6.45) is 8.80. The Hall–Kier alpha value is -1.03. The van der Waals surface area contributed by atoms with Crippen molar-refractivity contribution in [1.29, 1.82) is 0 Å². The number of unbranched alkanes of at least 4 members (excludes halogenated alkanes) is 6. The largest absolute Gasteiger partial charge is 0.496 e. The molecule has 0 atom stereocenters. The van der Waals surface area contributed by atoms with E-state index in [0.717, 1.165) is 36.0 Å². The van der Waals surface area contributed by atoms with Crippen molar-refractivity contribution in [3.63, 3.8) is 0 Å². The van der Waals surface area contributed by atoms with Gasteiger partial charge in [-0.15, -0.1) is 0 Å². The molecule has 0 radical (unpaired) electrons. The molecule has 0 bridgehead atoms. The van der Waals surface area contributed by atoms with Crippen molar-refractivity contribution in [3.05, 3.63) is 18.2 Å². The van der Waals surface area contributed by atoms with Crippen molar-refractivity contribution in [2.45, 2.75) is 44.9 Å². The maximum absolute atomic E-state index is 5.77. The van der Waals surface area contributed by atoms with Gasteiger partial charge in [0.15, 0.2) is 0 Å². The van der Waals surface area contributed by atoms with E-state index in [1.54, 1.807) is 14.2 Å². The minimum absolute atomic E-state index is 0.743. The van der Waals surface area contributed by atoms with Crippen LogP contribution >= 0.6 is 12.6 Å². The van der Waals surface area contributed by atoms with E-state index in [1.165, 1.54) is 38.5 Å². The van der Waals surface area contributed by atoms with Gasteiger partial charge < -0.3 is 14.2 Å². The van der Waals surface area contributed by atoms with Crippen molar-refractivity contribution in [2.24, 2.45) is 0 Å². The smallest absolute Gasteiger partial charge is 0.126 e. The number of hydrogen-bond acceptors (Lipinski definition) is 4. The highest BCUT2D eigenvalue weighted by molar-refractivity contribution is 7.80. The second-order valence-corrected chi connectivity index (χ2v) is 5.54. The Bertz CT molecular complexity index is 360. The molecule has 0 saturated heterocycles. The molecule has 0 aliphatic carbocycles. The number of rotatable bonds is 12. The minimum Gasteiger partial charge on any atom is -0.496 e. The van der Waals surface area contributed by atoms with Crippen LogP contribution in [0.5, 0.6) is 17.2 Å². The van der Waals surface area contributed by atoms with Gasteiger partial charge in [-0.2, -0.15) is 12.6 Å². The SMILES string of the molecule is COc1cc(OC)cc(OCCCCCCCCCS)c1. The second-order valence-electron chi connectivity index (χ2n) is 5.10. The molecule has 0 amide bonds. The first-order chi connectivity index (χ1) is 10.3. The molecule has 0 aromatic heterocycles. The van der Waals surface area contributed by atoms with Crippen LogP contribution in [0, 0.1) is 0 Å². The van der Waals surface area contributed by atoms with Crippen LogP contribution in [0.25, 0.3) is 0 Å².